The molecule has 0 aliphatic carbocycles. The van der Waals surface area contributed by atoms with Crippen molar-refractivity contribution in [1.82, 2.24) is 4.98 Å². The topological polar surface area (TPSA) is 28.2 Å². The quantitative estimate of drug-likeness (QED) is 0.780. The Labute approximate surface area is 123 Å². The van der Waals surface area contributed by atoms with Crippen molar-refractivity contribution in [2.45, 2.75) is 0 Å². The Balaban J connectivity index is 2.17. The van der Waals surface area contributed by atoms with E-state index in [2.05, 4.69) is 10.3 Å². The SMILES string of the molecule is CN(C)c1ncc(Nc2ccccc2)c2cccc(F)c12. The number of nitrogens with one attached hydrogen (secondary N) is 1. The van der Waals surface area contributed by atoms with Crippen molar-refractivity contribution in [1.29, 1.82) is 0 Å². The third-order valence-electron chi connectivity index (χ3n) is 3.32. The number of anilines is 3. The fraction of sp³-hybridized carbons (Fsp3) is 0.118. The molecule has 0 aliphatic heterocycles. The standard InChI is InChI=1S/C17H16FN3/c1-21(2)17-16-13(9-6-10-14(16)18)15(11-19-17)20-12-7-4-3-5-8-12/h3-11,20H,1-2H3. The molecule has 1 aromatic heterocycles. The number of halogens is 1. The minimum Gasteiger partial charge on any atom is -0.362 e. The Morgan fingerprint density at radius 3 is 2.48 bits per heavy atom. The molecule has 21 heavy (non-hydrogen) atoms. The Kier molecular flexibility index (Phi) is 3.44. The fourth-order valence-corrected chi connectivity index (χ4v) is 2.35. The van der Waals surface area contributed by atoms with Crippen LogP contribution >= 0.6 is 0 Å². The van der Waals surface area contributed by atoms with Gasteiger partial charge in [-0.3, -0.25) is 0 Å². The number of hydrogen-bond acceptors (Lipinski definition) is 3. The lowest BCUT2D eigenvalue weighted by molar-refractivity contribution is 0.639. The lowest BCUT2D eigenvalue weighted by Gasteiger charge is -2.17. The van der Waals surface area contributed by atoms with Gasteiger partial charge in [-0.25, -0.2) is 9.37 Å². The predicted molar refractivity (Wildman–Crippen MR) is 85.8 cm³/mol. The van der Waals surface area contributed by atoms with Crippen LogP contribution in [0.1, 0.15) is 0 Å². The molecule has 0 fully saturated rings. The van der Waals surface area contributed by atoms with E-state index in [1.165, 1.54) is 6.07 Å². The summed E-state index contributed by atoms with van der Waals surface area (Å²) in [6.07, 6.45) is 1.74. The summed E-state index contributed by atoms with van der Waals surface area (Å²) < 4.78 is 14.2. The van der Waals surface area contributed by atoms with Gasteiger partial charge in [0.1, 0.15) is 11.6 Å². The molecule has 0 aliphatic rings. The van der Waals surface area contributed by atoms with E-state index < -0.39 is 0 Å². The van der Waals surface area contributed by atoms with Gasteiger partial charge in [0.05, 0.1) is 17.3 Å². The molecule has 1 N–H and O–H groups in total. The van der Waals surface area contributed by atoms with E-state index in [0.29, 0.717) is 11.2 Å². The molecule has 0 saturated heterocycles. The molecule has 0 radical (unpaired) electrons. The van der Waals surface area contributed by atoms with Gasteiger partial charge in [-0.1, -0.05) is 30.3 Å². The summed E-state index contributed by atoms with van der Waals surface area (Å²) in [5.74, 6) is 0.363. The number of para-hydroxylation sites is 1. The summed E-state index contributed by atoms with van der Waals surface area (Å²) in [4.78, 5) is 6.20. The van der Waals surface area contributed by atoms with Gasteiger partial charge < -0.3 is 10.2 Å². The van der Waals surface area contributed by atoms with Crippen LogP contribution in [0.4, 0.5) is 21.6 Å². The van der Waals surface area contributed by atoms with Gasteiger partial charge in [0.2, 0.25) is 0 Å². The zero-order valence-corrected chi connectivity index (χ0v) is 12.0. The second-order valence-corrected chi connectivity index (χ2v) is 5.04. The molecular weight excluding hydrogens is 265 g/mol. The van der Waals surface area contributed by atoms with Crippen LogP contribution in [0.5, 0.6) is 0 Å². The summed E-state index contributed by atoms with van der Waals surface area (Å²) in [7, 11) is 3.72. The van der Waals surface area contributed by atoms with E-state index in [1.807, 2.05) is 55.4 Å². The molecule has 0 saturated carbocycles. The van der Waals surface area contributed by atoms with Crippen LogP contribution in [0.3, 0.4) is 0 Å². The molecule has 1 heterocycles. The highest BCUT2D eigenvalue weighted by Gasteiger charge is 2.13. The fourth-order valence-electron chi connectivity index (χ4n) is 2.35. The van der Waals surface area contributed by atoms with Crippen molar-refractivity contribution >= 4 is 28.0 Å². The summed E-state index contributed by atoms with van der Waals surface area (Å²) in [6.45, 7) is 0. The van der Waals surface area contributed by atoms with E-state index in [-0.39, 0.29) is 5.82 Å². The van der Waals surface area contributed by atoms with Crippen molar-refractivity contribution in [3.05, 3.63) is 60.5 Å². The van der Waals surface area contributed by atoms with Crippen LogP contribution in [-0.4, -0.2) is 19.1 Å². The number of aromatic nitrogens is 1. The number of rotatable bonds is 3. The van der Waals surface area contributed by atoms with Crippen molar-refractivity contribution in [2.75, 3.05) is 24.3 Å². The molecule has 106 valence electrons. The monoisotopic (exact) mass is 281 g/mol. The molecule has 0 atom stereocenters. The first-order valence-corrected chi connectivity index (χ1v) is 6.73. The van der Waals surface area contributed by atoms with Crippen LogP contribution in [0, 0.1) is 5.82 Å². The number of fused-ring (bicyclic) bond motifs is 1. The number of pyridine rings is 1. The van der Waals surface area contributed by atoms with Gasteiger partial charge in [-0.05, 0) is 18.2 Å². The largest absolute Gasteiger partial charge is 0.362 e. The van der Waals surface area contributed by atoms with E-state index in [1.54, 1.807) is 12.3 Å². The van der Waals surface area contributed by atoms with Crippen LogP contribution in [0.2, 0.25) is 0 Å². The van der Waals surface area contributed by atoms with Gasteiger partial charge in [0.25, 0.3) is 0 Å². The average Bonchev–Trinajstić information content (AvgIpc) is 2.49. The maximum atomic E-state index is 14.2. The Bertz CT molecular complexity index is 770. The minimum absolute atomic E-state index is 0.264. The molecule has 3 aromatic rings. The summed E-state index contributed by atoms with van der Waals surface area (Å²) >= 11 is 0. The molecule has 3 nitrogen and oxygen atoms in total. The third-order valence-corrected chi connectivity index (χ3v) is 3.32. The molecule has 0 bridgehead atoms. The molecule has 0 spiro atoms. The number of hydrogen-bond donors (Lipinski definition) is 1. The molecule has 4 heteroatoms. The van der Waals surface area contributed by atoms with Gasteiger partial charge in [0.15, 0.2) is 0 Å². The van der Waals surface area contributed by atoms with Gasteiger partial charge in [-0.2, -0.15) is 0 Å². The number of benzene rings is 2. The smallest absolute Gasteiger partial charge is 0.139 e. The molecule has 3 rings (SSSR count). The van der Waals surface area contributed by atoms with Crippen molar-refractivity contribution < 1.29 is 4.39 Å². The molecule has 2 aromatic carbocycles. The predicted octanol–water partition coefficient (Wildman–Crippen LogP) is 4.18. The molecule has 0 unspecified atom stereocenters. The second-order valence-electron chi connectivity index (χ2n) is 5.04. The van der Waals surface area contributed by atoms with Crippen molar-refractivity contribution in [3.63, 3.8) is 0 Å². The summed E-state index contributed by atoms with van der Waals surface area (Å²) in [5.41, 5.74) is 1.74. The second kappa shape index (κ2) is 5.40. The first-order chi connectivity index (χ1) is 10.2. The molecular formula is C17H16FN3. The Hall–Kier alpha value is -2.62. The van der Waals surface area contributed by atoms with E-state index >= 15 is 0 Å². The van der Waals surface area contributed by atoms with Crippen LogP contribution in [0.15, 0.2) is 54.7 Å². The van der Waals surface area contributed by atoms with Crippen molar-refractivity contribution in [3.8, 4) is 0 Å². The van der Waals surface area contributed by atoms with Crippen LogP contribution < -0.4 is 10.2 Å². The van der Waals surface area contributed by atoms with Crippen molar-refractivity contribution in [2.24, 2.45) is 0 Å². The Morgan fingerprint density at radius 1 is 1.00 bits per heavy atom. The zero-order chi connectivity index (χ0) is 14.8. The highest BCUT2D eigenvalue weighted by molar-refractivity contribution is 6.01. The van der Waals surface area contributed by atoms with Crippen LogP contribution in [0.25, 0.3) is 10.8 Å². The van der Waals surface area contributed by atoms with Gasteiger partial charge in [-0.15, -0.1) is 0 Å². The average molecular weight is 281 g/mol. The lowest BCUT2D eigenvalue weighted by atomic mass is 10.1. The lowest BCUT2D eigenvalue weighted by Crippen LogP contribution is -2.12. The number of nitrogens with zero attached hydrogens (tertiary/aromatic N) is 2. The maximum absolute atomic E-state index is 14.2. The maximum Gasteiger partial charge on any atom is 0.139 e. The van der Waals surface area contributed by atoms with Crippen LogP contribution in [-0.2, 0) is 0 Å². The summed E-state index contributed by atoms with van der Waals surface area (Å²) in [6, 6.07) is 14.9. The van der Waals surface area contributed by atoms with E-state index in [9.17, 15) is 4.39 Å². The summed E-state index contributed by atoms with van der Waals surface area (Å²) in [5, 5.41) is 4.64. The highest BCUT2D eigenvalue weighted by atomic mass is 19.1. The zero-order valence-electron chi connectivity index (χ0n) is 12.0. The third kappa shape index (κ3) is 2.52. The first-order valence-electron chi connectivity index (χ1n) is 6.73. The van der Waals surface area contributed by atoms with E-state index in [0.717, 1.165) is 16.8 Å². The molecule has 0 amide bonds. The Morgan fingerprint density at radius 2 is 1.76 bits per heavy atom. The minimum atomic E-state index is -0.264. The van der Waals surface area contributed by atoms with Gasteiger partial charge >= 0.3 is 0 Å². The first kappa shape index (κ1) is 13.4. The highest BCUT2D eigenvalue weighted by Crippen LogP contribution is 2.32. The van der Waals surface area contributed by atoms with Gasteiger partial charge in [0, 0.05) is 25.2 Å². The normalized spacial score (nSPS) is 10.6. The van der Waals surface area contributed by atoms with E-state index in [4.69, 9.17) is 0 Å².